The molecule has 0 saturated heterocycles. The number of hydrogen-bond donors (Lipinski definition) is 3. The molecule has 0 saturated carbocycles. The van der Waals surface area contributed by atoms with Crippen molar-refractivity contribution in [2.75, 3.05) is 17.2 Å². The van der Waals surface area contributed by atoms with Crippen molar-refractivity contribution in [3.8, 4) is 0 Å². The second kappa shape index (κ2) is 4.61. The normalized spacial score (nSPS) is 9.57. The molecule has 0 spiro atoms. The van der Waals surface area contributed by atoms with Gasteiger partial charge in [-0.25, -0.2) is 0 Å². The van der Waals surface area contributed by atoms with E-state index >= 15 is 0 Å². The highest BCUT2D eigenvalue weighted by Crippen LogP contribution is 2.09. The zero-order chi connectivity index (χ0) is 10.6. The molecule has 0 fully saturated rings. The Balaban J connectivity index is 2.88. The van der Waals surface area contributed by atoms with Gasteiger partial charge in [0.2, 0.25) is 17.2 Å². The Morgan fingerprint density at radius 1 is 1.43 bits per heavy atom. The number of nitrogens with one attached hydrogen (secondary N) is 2. The number of halogens is 1. The van der Waals surface area contributed by atoms with Gasteiger partial charge in [0, 0.05) is 6.54 Å². The summed E-state index contributed by atoms with van der Waals surface area (Å²) < 4.78 is 0. The van der Waals surface area contributed by atoms with Crippen molar-refractivity contribution < 1.29 is 0 Å². The lowest BCUT2D eigenvalue weighted by atomic mass is 10.7. The first-order valence-electron chi connectivity index (χ1n) is 3.98. The second-order valence-electron chi connectivity index (χ2n) is 2.43. The van der Waals surface area contributed by atoms with Gasteiger partial charge < -0.3 is 16.4 Å². The van der Waals surface area contributed by atoms with Gasteiger partial charge in [0.05, 0.1) is 5.82 Å². The molecule has 0 amide bonds. The van der Waals surface area contributed by atoms with Gasteiger partial charge >= 0.3 is 0 Å². The number of anilines is 2. The van der Waals surface area contributed by atoms with Crippen LogP contribution in [0.2, 0.25) is 5.28 Å². The summed E-state index contributed by atoms with van der Waals surface area (Å²) in [7, 11) is 0. The van der Waals surface area contributed by atoms with E-state index in [1.807, 2.05) is 6.92 Å². The van der Waals surface area contributed by atoms with Gasteiger partial charge in [-0.3, -0.25) is 0 Å². The molecule has 76 valence electrons. The van der Waals surface area contributed by atoms with Crippen LogP contribution < -0.4 is 16.4 Å². The molecule has 7 heteroatoms. The quantitative estimate of drug-likeness (QED) is 0.687. The fourth-order valence-electron chi connectivity index (χ4n) is 0.787. The van der Waals surface area contributed by atoms with Crippen molar-refractivity contribution in [2.24, 2.45) is 5.73 Å². The van der Waals surface area contributed by atoms with E-state index in [9.17, 15) is 0 Å². The fourth-order valence-corrected chi connectivity index (χ4v) is 0.947. The average molecular weight is 215 g/mol. The highest BCUT2D eigenvalue weighted by atomic mass is 35.5. The van der Waals surface area contributed by atoms with Crippen molar-refractivity contribution in [1.29, 1.82) is 0 Å². The van der Waals surface area contributed by atoms with Crippen LogP contribution in [-0.4, -0.2) is 21.5 Å². The number of nitrogens with zero attached hydrogens (tertiary/aromatic N) is 3. The monoisotopic (exact) mass is 214 g/mol. The van der Waals surface area contributed by atoms with Crippen LogP contribution in [0, 0.1) is 0 Å². The first kappa shape index (κ1) is 10.5. The van der Waals surface area contributed by atoms with Gasteiger partial charge in [-0.05, 0) is 18.5 Å². The third-order valence-electron chi connectivity index (χ3n) is 1.22. The minimum absolute atomic E-state index is 0.0969. The Bertz CT molecular complexity index is 339. The van der Waals surface area contributed by atoms with E-state index in [2.05, 4.69) is 32.2 Å². The van der Waals surface area contributed by atoms with Gasteiger partial charge in [0.1, 0.15) is 0 Å². The lowest BCUT2D eigenvalue weighted by molar-refractivity contribution is 1.01. The van der Waals surface area contributed by atoms with E-state index in [1.54, 1.807) is 0 Å². The Kier molecular flexibility index (Phi) is 3.47. The molecule has 14 heavy (non-hydrogen) atoms. The predicted octanol–water partition coefficient (Wildman–Crippen LogP) is 0.799. The van der Waals surface area contributed by atoms with Crippen LogP contribution in [0.3, 0.4) is 0 Å². The Morgan fingerprint density at radius 3 is 2.64 bits per heavy atom. The summed E-state index contributed by atoms with van der Waals surface area (Å²) in [5, 5.41) is 5.64. The first-order chi connectivity index (χ1) is 6.61. The van der Waals surface area contributed by atoms with Crippen LogP contribution in [0.15, 0.2) is 12.4 Å². The van der Waals surface area contributed by atoms with Gasteiger partial charge in [-0.1, -0.05) is 6.58 Å². The van der Waals surface area contributed by atoms with E-state index in [0.717, 1.165) is 0 Å². The highest BCUT2D eigenvalue weighted by molar-refractivity contribution is 6.28. The van der Waals surface area contributed by atoms with Crippen molar-refractivity contribution >= 4 is 23.5 Å². The molecular formula is C7H11ClN6. The summed E-state index contributed by atoms with van der Waals surface area (Å²) in [6.45, 7) is 6.08. The van der Waals surface area contributed by atoms with Gasteiger partial charge in [-0.2, -0.15) is 15.0 Å². The molecule has 1 aromatic heterocycles. The molecule has 6 nitrogen and oxygen atoms in total. The fraction of sp³-hybridized carbons (Fsp3) is 0.286. The SMILES string of the molecule is C=C(N)Nc1nc(Cl)nc(NCC)n1. The lowest BCUT2D eigenvalue weighted by Gasteiger charge is -2.05. The summed E-state index contributed by atoms with van der Waals surface area (Å²) in [6.07, 6.45) is 0. The maximum absolute atomic E-state index is 5.66. The molecule has 0 bridgehead atoms. The van der Waals surface area contributed by atoms with Gasteiger partial charge in [0.15, 0.2) is 0 Å². The number of hydrogen-bond acceptors (Lipinski definition) is 6. The van der Waals surface area contributed by atoms with Crippen LogP contribution in [0.1, 0.15) is 6.92 Å². The van der Waals surface area contributed by atoms with E-state index in [-0.39, 0.29) is 17.1 Å². The molecule has 0 atom stereocenters. The van der Waals surface area contributed by atoms with Crippen LogP contribution >= 0.6 is 11.6 Å². The first-order valence-corrected chi connectivity index (χ1v) is 4.36. The van der Waals surface area contributed by atoms with Crippen LogP contribution in [0.5, 0.6) is 0 Å². The minimum Gasteiger partial charge on any atom is -0.386 e. The molecule has 0 aliphatic rings. The maximum Gasteiger partial charge on any atom is 0.234 e. The molecule has 1 aromatic rings. The van der Waals surface area contributed by atoms with E-state index < -0.39 is 0 Å². The molecule has 4 N–H and O–H groups in total. The minimum atomic E-state index is 0.0969. The maximum atomic E-state index is 5.66. The Labute approximate surface area is 86.6 Å². The molecule has 0 radical (unpaired) electrons. The lowest BCUT2D eigenvalue weighted by Crippen LogP contribution is -2.12. The van der Waals surface area contributed by atoms with E-state index in [0.29, 0.717) is 12.5 Å². The highest BCUT2D eigenvalue weighted by Gasteiger charge is 2.03. The van der Waals surface area contributed by atoms with Crippen molar-refractivity contribution in [1.82, 2.24) is 15.0 Å². The summed E-state index contributed by atoms with van der Waals surface area (Å²) in [4.78, 5) is 11.7. The van der Waals surface area contributed by atoms with Crippen LogP contribution in [0.25, 0.3) is 0 Å². The van der Waals surface area contributed by atoms with Gasteiger partial charge in [-0.15, -0.1) is 0 Å². The topological polar surface area (TPSA) is 88.8 Å². The largest absolute Gasteiger partial charge is 0.386 e. The smallest absolute Gasteiger partial charge is 0.234 e. The predicted molar refractivity (Wildman–Crippen MR) is 56.0 cm³/mol. The average Bonchev–Trinajstić information content (AvgIpc) is 2.01. The Hall–Kier alpha value is -1.56. The molecule has 0 aromatic carbocycles. The molecule has 0 aliphatic heterocycles. The standard InChI is InChI=1S/C7H11ClN6/c1-3-10-6-12-5(8)13-7(14-6)11-4(2)9/h2-3,9H2,1H3,(H2,10,11,12,13,14). The number of nitrogens with two attached hydrogens (primary N) is 1. The van der Waals surface area contributed by atoms with Gasteiger partial charge in [0.25, 0.3) is 0 Å². The molecule has 0 aliphatic carbocycles. The van der Waals surface area contributed by atoms with E-state index in [1.165, 1.54) is 0 Å². The van der Waals surface area contributed by atoms with Crippen molar-refractivity contribution in [2.45, 2.75) is 6.92 Å². The van der Waals surface area contributed by atoms with E-state index in [4.69, 9.17) is 17.3 Å². The van der Waals surface area contributed by atoms with Crippen molar-refractivity contribution in [3.63, 3.8) is 0 Å². The zero-order valence-electron chi connectivity index (χ0n) is 7.71. The third kappa shape index (κ3) is 3.06. The number of aromatic nitrogens is 3. The molecule has 0 unspecified atom stereocenters. The van der Waals surface area contributed by atoms with Crippen molar-refractivity contribution in [3.05, 3.63) is 17.7 Å². The Morgan fingerprint density at radius 2 is 2.07 bits per heavy atom. The van der Waals surface area contributed by atoms with Crippen LogP contribution in [0.4, 0.5) is 11.9 Å². The third-order valence-corrected chi connectivity index (χ3v) is 1.38. The summed E-state index contributed by atoms with van der Waals surface area (Å²) in [5.74, 6) is 0.916. The molecule has 1 heterocycles. The zero-order valence-corrected chi connectivity index (χ0v) is 8.47. The number of rotatable bonds is 4. The summed E-state index contributed by atoms with van der Waals surface area (Å²) >= 11 is 5.66. The summed E-state index contributed by atoms with van der Waals surface area (Å²) in [6, 6.07) is 0. The molecular weight excluding hydrogens is 204 g/mol. The van der Waals surface area contributed by atoms with Crippen LogP contribution in [-0.2, 0) is 0 Å². The second-order valence-corrected chi connectivity index (χ2v) is 2.77. The summed E-state index contributed by atoms with van der Waals surface area (Å²) in [5.41, 5.74) is 5.33. The molecule has 1 rings (SSSR count).